The van der Waals surface area contributed by atoms with E-state index < -0.39 is 17.8 Å². The number of amides is 4. The molecule has 2 heterocycles. The first-order valence-corrected chi connectivity index (χ1v) is 9.99. The molecular formula is C25H23N3O3. The number of barbiturate groups is 1. The number of aromatic nitrogens is 1. The van der Waals surface area contributed by atoms with Crippen LogP contribution in [0.15, 0.2) is 66.2 Å². The van der Waals surface area contributed by atoms with Crippen LogP contribution in [0.4, 0.5) is 10.5 Å². The van der Waals surface area contributed by atoms with Crippen molar-refractivity contribution in [3.05, 3.63) is 88.8 Å². The average molecular weight is 413 g/mol. The number of benzene rings is 2. The van der Waals surface area contributed by atoms with Crippen LogP contribution in [0.25, 0.3) is 11.8 Å². The molecule has 0 atom stereocenters. The van der Waals surface area contributed by atoms with E-state index in [2.05, 4.69) is 10.6 Å². The van der Waals surface area contributed by atoms with Crippen LogP contribution in [0.1, 0.15) is 22.5 Å². The lowest BCUT2D eigenvalue weighted by Gasteiger charge is -2.31. The summed E-state index contributed by atoms with van der Waals surface area (Å²) in [5.74, 6) is -1.23. The second kappa shape index (κ2) is 7.72. The van der Waals surface area contributed by atoms with Gasteiger partial charge in [-0.15, -0.1) is 0 Å². The second-order valence-corrected chi connectivity index (χ2v) is 7.68. The maximum absolute atomic E-state index is 13.2. The van der Waals surface area contributed by atoms with E-state index in [1.165, 1.54) is 7.05 Å². The van der Waals surface area contributed by atoms with E-state index in [0.717, 1.165) is 38.0 Å². The van der Waals surface area contributed by atoms with Crippen LogP contribution in [0, 0.1) is 20.8 Å². The van der Waals surface area contributed by atoms with Crippen LogP contribution in [0.5, 0.6) is 0 Å². The third kappa shape index (κ3) is 3.46. The minimum atomic E-state index is -0.663. The van der Waals surface area contributed by atoms with Crippen LogP contribution in [0.2, 0.25) is 0 Å². The van der Waals surface area contributed by atoms with Crippen molar-refractivity contribution < 1.29 is 14.4 Å². The third-order valence-electron chi connectivity index (χ3n) is 5.49. The molecule has 1 aliphatic rings. The number of carbonyl (C=O) groups excluding carboxylic acids is 3. The summed E-state index contributed by atoms with van der Waals surface area (Å²) >= 11 is 0. The number of rotatable bonds is 3. The zero-order chi connectivity index (χ0) is 22.3. The Morgan fingerprint density at radius 1 is 0.774 bits per heavy atom. The van der Waals surface area contributed by atoms with E-state index in [0.29, 0.717) is 5.69 Å². The minimum Gasteiger partial charge on any atom is -0.318 e. The third-order valence-corrected chi connectivity index (χ3v) is 5.49. The highest BCUT2D eigenvalue weighted by Crippen LogP contribution is 2.28. The Hall–Kier alpha value is -3.93. The fourth-order valence-electron chi connectivity index (χ4n) is 3.90. The van der Waals surface area contributed by atoms with Crippen LogP contribution >= 0.6 is 0 Å². The van der Waals surface area contributed by atoms with Crippen molar-refractivity contribution >= 4 is 29.6 Å². The summed E-state index contributed by atoms with van der Waals surface area (Å²) in [7, 11) is 1.39. The Labute approximate surface area is 181 Å². The number of hydrogen-bond donors (Lipinski definition) is 0. The van der Waals surface area contributed by atoms with Crippen molar-refractivity contribution in [1.29, 1.82) is 0 Å². The molecule has 31 heavy (non-hydrogen) atoms. The van der Waals surface area contributed by atoms with Crippen molar-refractivity contribution in [1.82, 2.24) is 9.47 Å². The van der Waals surface area contributed by atoms with Crippen LogP contribution in [-0.4, -0.2) is 34.4 Å². The Kier molecular flexibility index (Phi) is 5.07. The highest BCUT2D eigenvalue weighted by Gasteiger charge is 2.41. The van der Waals surface area contributed by atoms with Gasteiger partial charge in [-0.2, -0.15) is 0 Å². The zero-order valence-corrected chi connectivity index (χ0v) is 17.9. The van der Waals surface area contributed by atoms with Crippen molar-refractivity contribution in [2.45, 2.75) is 20.8 Å². The highest BCUT2D eigenvalue weighted by atomic mass is 16.2. The molecule has 3 aromatic rings. The lowest BCUT2D eigenvalue weighted by Crippen LogP contribution is -2.55. The van der Waals surface area contributed by atoms with E-state index in [1.807, 2.05) is 45.0 Å². The molecule has 0 radical (unpaired) electrons. The van der Waals surface area contributed by atoms with Gasteiger partial charge in [-0.3, -0.25) is 14.5 Å². The topological polar surface area (TPSA) is 62.6 Å². The number of para-hydroxylation sites is 1. The van der Waals surface area contributed by atoms with E-state index in [4.69, 9.17) is 0 Å². The Morgan fingerprint density at radius 2 is 1.45 bits per heavy atom. The lowest BCUT2D eigenvalue weighted by atomic mass is 10.1. The van der Waals surface area contributed by atoms with Crippen molar-refractivity contribution in [2.24, 2.45) is 0 Å². The number of carbonyl (C=O) groups is 3. The first kappa shape index (κ1) is 20.3. The van der Waals surface area contributed by atoms with Crippen LogP contribution < -0.4 is 4.90 Å². The maximum atomic E-state index is 13.2. The largest absolute Gasteiger partial charge is 0.338 e. The molecule has 0 N–H and O–H groups in total. The van der Waals surface area contributed by atoms with Crippen molar-refractivity contribution in [3.8, 4) is 5.69 Å². The Balaban J connectivity index is 1.81. The molecule has 0 bridgehead atoms. The number of urea groups is 1. The Morgan fingerprint density at radius 3 is 2.13 bits per heavy atom. The molecule has 4 amide bonds. The van der Waals surface area contributed by atoms with E-state index in [9.17, 15) is 14.4 Å². The summed E-state index contributed by atoms with van der Waals surface area (Å²) in [6.45, 7) is 5.96. The molecule has 0 spiro atoms. The number of hydrogen-bond acceptors (Lipinski definition) is 3. The molecular weight excluding hydrogens is 390 g/mol. The standard InChI is InChI=1S/C25H23N3O3/c1-16-9-8-12-21(13-16)27-17(2)14-19(18(27)3)15-22-23(29)26(4)25(31)28(24(22)30)20-10-6-5-7-11-20/h5-15H,1-4H3/b22-15+. The van der Waals surface area contributed by atoms with Gasteiger partial charge in [0.2, 0.25) is 0 Å². The second-order valence-electron chi connectivity index (χ2n) is 7.68. The summed E-state index contributed by atoms with van der Waals surface area (Å²) < 4.78 is 2.08. The maximum Gasteiger partial charge on any atom is 0.338 e. The molecule has 2 aromatic carbocycles. The first-order chi connectivity index (χ1) is 14.8. The molecule has 1 saturated heterocycles. The molecule has 1 aromatic heterocycles. The van der Waals surface area contributed by atoms with Gasteiger partial charge in [0.25, 0.3) is 11.8 Å². The first-order valence-electron chi connectivity index (χ1n) is 9.99. The summed E-state index contributed by atoms with van der Waals surface area (Å²) in [5, 5.41) is 0. The van der Waals surface area contributed by atoms with Gasteiger partial charge in [-0.05, 0) is 68.3 Å². The van der Waals surface area contributed by atoms with E-state index in [-0.39, 0.29) is 5.57 Å². The zero-order valence-electron chi connectivity index (χ0n) is 17.9. The molecule has 6 heteroatoms. The SMILES string of the molecule is Cc1cccc(-n2c(C)cc(/C=C3\C(=O)N(C)C(=O)N(c4ccccc4)C3=O)c2C)c1. The van der Waals surface area contributed by atoms with Gasteiger partial charge < -0.3 is 4.57 Å². The quantitative estimate of drug-likeness (QED) is 0.472. The summed E-state index contributed by atoms with van der Waals surface area (Å²) in [6, 6.07) is 18.0. The summed E-state index contributed by atoms with van der Waals surface area (Å²) in [6.07, 6.45) is 1.58. The smallest absolute Gasteiger partial charge is 0.318 e. The summed E-state index contributed by atoms with van der Waals surface area (Å²) in [4.78, 5) is 40.7. The monoisotopic (exact) mass is 413 g/mol. The normalized spacial score (nSPS) is 15.9. The predicted octanol–water partition coefficient (Wildman–Crippen LogP) is 4.41. The molecule has 6 nitrogen and oxygen atoms in total. The predicted molar refractivity (Wildman–Crippen MR) is 120 cm³/mol. The molecule has 1 aliphatic heterocycles. The Bertz CT molecular complexity index is 1240. The van der Waals surface area contributed by atoms with E-state index >= 15 is 0 Å². The average Bonchev–Trinajstić information content (AvgIpc) is 3.03. The van der Waals surface area contributed by atoms with Crippen LogP contribution in [0.3, 0.4) is 0 Å². The molecule has 0 saturated carbocycles. The van der Waals surface area contributed by atoms with Gasteiger partial charge in [-0.1, -0.05) is 30.3 Å². The van der Waals surface area contributed by atoms with Gasteiger partial charge in [0.1, 0.15) is 5.57 Å². The van der Waals surface area contributed by atoms with Gasteiger partial charge in [0.15, 0.2) is 0 Å². The molecule has 0 aliphatic carbocycles. The molecule has 0 unspecified atom stereocenters. The molecule has 156 valence electrons. The number of imide groups is 2. The highest BCUT2D eigenvalue weighted by molar-refractivity contribution is 6.39. The van der Waals surface area contributed by atoms with E-state index in [1.54, 1.807) is 36.4 Å². The number of aryl methyl sites for hydroxylation is 2. The summed E-state index contributed by atoms with van der Waals surface area (Å²) in [5.41, 5.74) is 5.17. The van der Waals surface area contributed by atoms with Crippen molar-refractivity contribution in [2.75, 3.05) is 11.9 Å². The molecule has 1 fully saturated rings. The van der Waals surface area contributed by atoms with Crippen LogP contribution in [-0.2, 0) is 9.59 Å². The number of nitrogens with zero attached hydrogens (tertiary/aromatic N) is 3. The van der Waals surface area contributed by atoms with Gasteiger partial charge in [-0.25, -0.2) is 9.69 Å². The fourth-order valence-corrected chi connectivity index (χ4v) is 3.90. The lowest BCUT2D eigenvalue weighted by molar-refractivity contribution is -0.128. The number of anilines is 1. The molecule has 4 rings (SSSR count). The van der Waals surface area contributed by atoms with Gasteiger partial charge in [0, 0.05) is 24.1 Å². The van der Waals surface area contributed by atoms with Gasteiger partial charge >= 0.3 is 6.03 Å². The van der Waals surface area contributed by atoms with Crippen molar-refractivity contribution in [3.63, 3.8) is 0 Å². The minimum absolute atomic E-state index is 0.0459. The number of likely N-dealkylation sites (N-methyl/N-ethyl adjacent to an activating group) is 1. The fraction of sp³-hybridized carbons (Fsp3) is 0.160. The van der Waals surface area contributed by atoms with Gasteiger partial charge in [0.05, 0.1) is 5.69 Å².